The van der Waals surface area contributed by atoms with E-state index in [-0.39, 0.29) is 38.6 Å². The van der Waals surface area contributed by atoms with Crippen LogP contribution in [-0.4, -0.2) is 39.7 Å². The second-order valence-corrected chi connectivity index (χ2v) is 7.89. The average molecular weight is 534 g/mol. The van der Waals surface area contributed by atoms with Gasteiger partial charge in [0.1, 0.15) is 20.4 Å². The smallest absolute Gasteiger partial charge is 0.257 e. The lowest BCUT2D eigenvalue weighted by Crippen LogP contribution is -2.20. The van der Waals surface area contributed by atoms with Gasteiger partial charge in [0.15, 0.2) is 11.5 Å². The molecule has 1 amide bonds. The maximum Gasteiger partial charge on any atom is 0.257 e. The first-order valence-corrected chi connectivity index (χ1v) is 10.9. The van der Waals surface area contributed by atoms with Crippen LogP contribution in [0.25, 0.3) is 0 Å². The second kappa shape index (κ2) is 12.7. The molecule has 10 heteroatoms. The van der Waals surface area contributed by atoms with Gasteiger partial charge in [0.05, 0.1) is 31.2 Å². The molecule has 0 spiro atoms. The number of ether oxygens (including phenoxy) is 2. The summed E-state index contributed by atoms with van der Waals surface area (Å²) in [6.45, 7) is 7.38. The molecular weight excluding hydrogens is 507 g/mol. The molecule has 1 aromatic carbocycles. The van der Waals surface area contributed by atoms with Gasteiger partial charge < -0.3 is 20.5 Å². The van der Waals surface area contributed by atoms with Crippen LogP contribution in [-0.2, 0) is 4.79 Å². The van der Waals surface area contributed by atoms with E-state index < -0.39 is 5.91 Å². The topological polar surface area (TPSA) is 98.3 Å². The number of anilines is 1. The number of benzene rings is 1. The quantitative estimate of drug-likeness (QED) is 0.131. The third-order valence-electron chi connectivity index (χ3n) is 4.43. The first-order valence-electron chi connectivity index (χ1n) is 9.40. The second-order valence-electron chi connectivity index (χ2n) is 6.34. The molecule has 0 aliphatic heterocycles. The highest BCUT2D eigenvalue weighted by Crippen LogP contribution is 2.50. The molecule has 31 heavy (non-hydrogen) atoms. The first kappa shape index (κ1) is 27.0. The minimum absolute atomic E-state index is 0.116. The molecule has 0 aromatic heterocycles. The zero-order valence-electron chi connectivity index (χ0n) is 18.2. The van der Waals surface area contributed by atoms with Crippen LogP contribution in [0.2, 0.25) is 10.0 Å². The van der Waals surface area contributed by atoms with E-state index in [0.717, 1.165) is 12.8 Å². The summed E-state index contributed by atoms with van der Waals surface area (Å²) in [5.41, 5.74) is 7.21. The summed E-state index contributed by atoms with van der Waals surface area (Å²) >= 11 is 16.3. The summed E-state index contributed by atoms with van der Waals surface area (Å²) in [4.78, 5) is 21.3. The summed E-state index contributed by atoms with van der Waals surface area (Å²) in [7, 11) is 4.44. The summed E-state index contributed by atoms with van der Waals surface area (Å²) in [5, 5.41) is 2.99. The fourth-order valence-corrected chi connectivity index (χ4v) is 4.33. The van der Waals surface area contributed by atoms with E-state index >= 15 is 0 Å². The van der Waals surface area contributed by atoms with Gasteiger partial charge in [-0.1, -0.05) is 49.0 Å². The standard InChI is InChI=1S/C21H27BrCl2N4O3/c1-7-8-9-10-12(16(26-3)11(2)20(25)27-4)21(29)28-17-14(23)18(30-5)13(22)19(31-6)15(17)24/h10H,3,7-9H2,1-2,4-6H3,(H2,25,27)(H,28,29)/b12-10+,16-11-. The summed E-state index contributed by atoms with van der Waals surface area (Å²) in [6, 6.07) is 0. The van der Waals surface area contributed by atoms with Crippen molar-refractivity contribution < 1.29 is 14.3 Å². The Kier molecular flexibility index (Phi) is 11.1. The van der Waals surface area contributed by atoms with Gasteiger partial charge >= 0.3 is 0 Å². The number of unbranched alkanes of at least 4 members (excludes halogenated alkanes) is 2. The number of hydrogen-bond donors (Lipinski definition) is 2. The Morgan fingerprint density at radius 3 is 2.23 bits per heavy atom. The van der Waals surface area contributed by atoms with Crippen LogP contribution in [0.1, 0.15) is 33.1 Å². The molecule has 0 heterocycles. The van der Waals surface area contributed by atoms with Gasteiger partial charge in [-0.15, -0.1) is 0 Å². The van der Waals surface area contributed by atoms with E-state index in [1.807, 2.05) is 0 Å². The van der Waals surface area contributed by atoms with E-state index in [0.29, 0.717) is 22.2 Å². The number of halogens is 3. The van der Waals surface area contributed by atoms with Crippen LogP contribution in [0.15, 0.2) is 37.4 Å². The number of carbonyl (C=O) groups excluding carboxylic acids is 1. The van der Waals surface area contributed by atoms with Gasteiger partial charge in [-0.05, 0) is 36.0 Å². The highest BCUT2D eigenvalue weighted by atomic mass is 79.9. The van der Waals surface area contributed by atoms with Crippen molar-refractivity contribution in [2.75, 3.05) is 26.6 Å². The zero-order valence-corrected chi connectivity index (χ0v) is 21.3. The number of aliphatic imine (C=N–C) groups is 2. The normalized spacial score (nSPS) is 12.9. The Morgan fingerprint density at radius 2 is 1.81 bits per heavy atom. The largest absolute Gasteiger partial charge is 0.494 e. The van der Waals surface area contributed by atoms with E-state index in [1.165, 1.54) is 14.2 Å². The molecule has 0 atom stereocenters. The number of carbonyl (C=O) groups is 1. The van der Waals surface area contributed by atoms with Crippen molar-refractivity contribution in [3.63, 3.8) is 0 Å². The molecule has 0 saturated heterocycles. The van der Waals surface area contributed by atoms with Crippen LogP contribution >= 0.6 is 39.1 Å². The van der Waals surface area contributed by atoms with Crippen molar-refractivity contribution in [1.29, 1.82) is 0 Å². The molecule has 0 saturated carbocycles. The maximum absolute atomic E-state index is 13.3. The van der Waals surface area contributed by atoms with E-state index in [1.54, 1.807) is 20.0 Å². The van der Waals surface area contributed by atoms with Gasteiger partial charge in [0.25, 0.3) is 5.91 Å². The van der Waals surface area contributed by atoms with Crippen molar-refractivity contribution in [2.24, 2.45) is 15.7 Å². The van der Waals surface area contributed by atoms with Gasteiger partial charge in [-0.25, -0.2) is 0 Å². The molecule has 0 aliphatic rings. The van der Waals surface area contributed by atoms with Crippen molar-refractivity contribution in [3.8, 4) is 11.5 Å². The SMILES string of the molecule is C=NC(=C(/C)C(N)=NC)/C(=C\CCCC)C(=O)Nc1c(Cl)c(OC)c(Br)c(OC)c1Cl. The Bertz CT molecular complexity index is 912. The Morgan fingerprint density at radius 1 is 1.26 bits per heavy atom. The van der Waals surface area contributed by atoms with E-state index in [4.69, 9.17) is 38.4 Å². The molecule has 1 aromatic rings. The van der Waals surface area contributed by atoms with Crippen LogP contribution in [0.3, 0.4) is 0 Å². The average Bonchev–Trinajstić information content (AvgIpc) is 2.75. The molecule has 0 radical (unpaired) electrons. The lowest BCUT2D eigenvalue weighted by molar-refractivity contribution is -0.112. The number of rotatable bonds is 10. The number of nitrogens with one attached hydrogen (secondary N) is 1. The zero-order chi connectivity index (χ0) is 23.7. The van der Waals surface area contributed by atoms with Gasteiger partial charge in [0, 0.05) is 12.6 Å². The van der Waals surface area contributed by atoms with Crippen molar-refractivity contribution in [3.05, 3.63) is 37.4 Å². The minimum atomic E-state index is -0.489. The number of hydrogen-bond acceptors (Lipinski definition) is 5. The fourth-order valence-electron chi connectivity index (χ4n) is 2.71. The molecule has 0 bridgehead atoms. The molecule has 7 nitrogen and oxygen atoms in total. The highest BCUT2D eigenvalue weighted by Gasteiger charge is 2.26. The predicted molar refractivity (Wildman–Crippen MR) is 133 cm³/mol. The van der Waals surface area contributed by atoms with Crippen LogP contribution in [0.5, 0.6) is 11.5 Å². The summed E-state index contributed by atoms with van der Waals surface area (Å²) in [6.07, 6.45) is 4.29. The number of amidine groups is 1. The van der Waals surface area contributed by atoms with Crippen molar-refractivity contribution >= 4 is 63.3 Å². The molecule has 0 fully saturated rings. The van der Waals surface area contributed by atoms with Gasteiger partial charge in [-0.2, -0.15) is 0 Å². The Balaban J connectivity index is 3.61. The van der Waals surface area contributed by atoms with E-state index in [9.17, 15) is 4.79 Å². The number of amides is 1. The lowest BCUT2D eigenvalue weighted by atomic mass is 10.0. The highest BCUT2D eigenvalue weighted by molar-refractivity contribution is 9.10. The minimum Gasteiger partial charge on any atom is -0.494 e. The van der Waals surface area contributed by atoms with Crippen molar-refractivity contribution in [1.82, 2.24) is 0 Å². The molecule has 170 valence electrons. The Hall–Kier alpha value is -2.03. The van der Waals surface area contributed by atoms with Gasteiger partial charge in [0.2, 0.25) is 0 Å². The summed E-state index contributed by atoms with van der Waals surface area (Å²) < 4.78 is 11.1. The molecule has 0 aliphatic carbocycles. The molecular formula is C21H27BrCl2N4O3. The van der Waals surface area contributed by atoms with Crippen LogP contribution in [0, 0.1) is 0 Å². The van der Waals surface area contributed by atoms with Crippen LogP contribution < -0.4 is 20.5 Å². The lowest BCUT2D eigenvalue weighted by Gasteiger charge is -2.18. The monoisotopic (exact) mass is 532 g/mol. The van der Waals surface area contributed by atoms with Crippen LogP contribution in [0.4, 0.5) is 5.69 Å². The number of allylic oxidation sites excluding steroid dienone is 1. The first-order chi connectivity index (χ1) is 14.7. The molecule has 0 unspecified atom stereocenters. The van der Waals surface area contributed by atoms with Crippen molar-refractivity contribution in [2.45, 2.75) is 33.1 Å². The number of nitrogens with zero attached hydrogens (tertiary/aromatic N) is 2. The maximum atomic E-state index is 13.3. The number of nitrogens with two attached hydrogens (primary N) is 1. The van der Waals surface area contributed by atoms with E-state index in [2.05, 4.69) is 44.9 Å². The fraction of sp³-hybridized carbons (Fsp3) is 0.381. The van der Waals surface area contributed by atoms with Gasteiger partial charge in [-0.3, -0.25) is 14.8 Å². The Labute approximate surface area is 201 Å². The summed E-state index contributed by atoms with van der Waals surface area (Å²) in [5.74, 6) is 0.299. The molecule has 1 rings (SSSR count). The molecule has 3 N–H and O–H groups in total. The number of methoxy groups -OCH3 is 2. The predicted octanol–water partition coefficient (Wildman–Crippen LogP) is 5.79. The third kappa shape index (κ3) is 6.24. The third-order valence-corrected chi connectivity index (χ3v) is 5.87.